The van der Waals surface area contributed by atoms with Gasteiger partial charge < -0.3 is 5.32 Å². The van der Waals surface area contributed by atoms with E-state index in [4.69, 9.17) is 0 Å². The van der Waals surface area contributed by atoms with E-state index < -0.39 is 0 Å². The maximum atomic E-state index is 4.36. The highest BCUT2D eigenvalue weighted by Gasteiger charge is 2.25. The highest BCUT2D eigenvalue weighted by Crippen LogP contribution is 2.32. The van der Waals surface area contributed by atoms with Crippen LogP contribution in [-0.2, 0) is 0 Å². The van der Waals surface area contributed by atoms with Crippen LogP contribution in [0.5, 0.6) is 0 Å². The van der Waals surface area contributed by atoms with Gasteiger partial charge in [-0.15, -0.1) is 5.10 Å². The smallest absolute Gasteiger partial charge is 0.184 e. The van der Waals surface area contributed by atoms with Gasteiger partial charge in [0, 0.05) is 6.04 Å². The zero-order valence-corrected chi connectivity index (χ0v) is 10.2. The Balaban J connectivity index is 1.76. The third kappa shape index (κ3) is 1.63. The molecule has 2 saturated carbocycles. The molecule has 6 nitrogen and oxygen atoms in total. The Hall–Kier alpha value is -1.72. The van der Waals surface area contributed by atoms with E-state index in [-0.39, 0.29) is 0 Å². The molecule has 18 heavy (non-hydrogen) atoms. The van der Waals surface area contributed by atoms with Crippen LogP contribution in [0.4, 0.5) is 5.82 Å². The van der Waals surface area contributed by atoms with Crippen LogP contribution < -0.4 is 5.32 Å². The summed E-state index contributed by atoms with van der Waals surface area (Å²) in [5, 5.41) is 12.0. The van der Waals surface area contributed by atoms with E-state index >= 15 is 0 Å². The van der Waals surface area contributed by atoms with Crippen molar-refractivity contribution in [1.82, 2.24) is 25.0 Å². The molecule has 2 aromatic rings. The summed E-state index contributed by atoms with van der Waals surface area (Å²) in [4.78, 5) is 8.65. The zero-order chi connectivity index (χ0) is 11.9. The SMILES string of the molecule is c1nc(NC2CC2)c2nnn(C3CCCC3)c2n1. The van der Waals surface area contributed by atoms with Gasteiger partial charge in [0.2, 0.25) is 0 Å². The van der Waals surface area contributed by atoms with E-state index in [1.165, 1.54) is 38.5 Å². The van der Waals surface area contributed by atoms with Crippen molar-refractivity contribution in [3.05, 3.63) is 6.33 Å². The molecule has 4 rings (SSSR count). The first-order chi connectivity index (χ1) is 8.92. The number of aromatic nitrogens is 5. The molecule has 2 aliphatic rings. The highest BCUT2D eigenvalue weighted by atomic mass is 15.5. The summed E-state index contributed by atoms with van der Waals surface area (Å²) in [5.41, 5.74) is 1.69. The van der Waals surface area contributed by atoms with E-state index in [0.717, 1.165) is 17.0 Å². The van der Waals surface area contributed by atoms with Crippen LogP contribution in [0.1, 0.15) is 44.6 Å². The minimum Gasteiger partial charge on any atom is -0.365 e. The molecule has 2 heterocycles. The lowest BCUT2D eigenvalue weighted by Crippen LogP contribution is -2.08. The molecule has 0 unspecified atom stereocenters. The summed E-state index contributed by atoms with van der Waals surface area (Å²) in [6, 6.07) is 1.04. The summed E-state index contributed by atoms with van der Waals surface area (Å²) >= 11 is 0. The summed E-state index contributed by atoms with van der Waals surface area (Å²) in [7, 11) is 0. The number of hydrogen-bond acceptors (Lipinski definition) is 5. The zero-order valence-electron chi connectivity index (χ0n) is 10.2. The standard InChI is InChI=1S/C12H16N6/c1-2-4-9(3-1)18-12-10(16-17-18)11(13-7-14-12)15-8-5-6-8/h7-9H,1-6H2,(H,13,14,15). The van der Waals surface area contributed by atoms with Crippen LogP contribution in [0.15, 0.2) is 6.33 Å². The third-order valence-corrected chi connectivity index (χ3v) is 3.85. The van der Waals surface area contributed by atoms with E-state index in [1.807, 2.05) is 4.68 Å². The second kappa shape index (κ2) is 3.90. The number of rotatable bonds is 3. The van der Waals surface area contributed by atoms with Crippen molar-refractivity contribution in [3.8, 4) is 0 Å². The lowest BCUT2D eigenvalue weighted by molar-refractivity contribution is 0.464. The maximum absolute atomic E-state index is 4.36. The fourth-order valence-corrected chi connectivity index (χ4v) is 2.69. The monoisotopic (exact) mass is 244 g/mol. The van der Waals surface area contributed by atoms with Gasteiger partial charge in [-0.3, -0.25) is 0 Å². The van der Waals surface area contributed by atoms with Crippen LogP contribution in [0, 0.1) is 0 Å². The largest absolute Gasteiger partial charge is 0.365 e. The molecule has 0 aliphatic heterocycles. The molecule has 0 spiro atoms. The van der Waals surface area contributed by atoms with Crippen LogP contribution in [0.3, 0.4) is 0 Å². The van der Waals surface area contributed by atoms with E-state index in [2.05, 4.69) is 25.6 Å². The molecular formula is C12H16N6. The topological polar surface area (TPSA) is 68.5 Å². The molecule has 6 heteroatoms. The fourth-order valence-electron chi connectivity index (χ4n) is 2.69. The van der Waals surface area contributed by atoms with Gasteiger partial charge in [0.15, 0.2) is 17.0 Å². The van der Waals surface area contributed by atoms with Crippen molar-refractivity contribution in [2.24, 2.45) is 0 Å². The third-order valence-electron chi connectivity index (χ3n) is 3.85. The lowest BCUT2D eigenvalue weighted by Gasteiger charge is -2.09. The predicted octanol–water partition coefficient (Wildman–Crippen LogP) is 1.91. The van der Waals surface area contributed by atoms with Crippen molar-refractivity contribution >= 4 is 17.0 Å². The molecule has 0 aromatic carbocycles. The van der Waals surface area contributed by atoms with Crippen molar-refractivity contribution in [2.75, 3.05) is 5.32 Å². The van der Waals surface area contributed by atoms with Gasteiger partial charge in [0.1, 0.15) is 6.33 Å². The Morgan fingerprint density at radius 1 is 1.11 bits per heavy atom. The first-order valence-corrected chi connectivity index (χ1v) is 6.74. The Morgan fingerprint density at radius 3 is 2.72 bits per heavy atom. The molecule has 0 radical (unpaired) electrons. The second-order valence-corrected chi connectivity index (χ2v) is 5.29. The van der Waals surface area contributed by atoms with Crippen molar-refractivity contribution in [2.45, 2.75) is 50.6 Å². The first-order valence-electron chi connectivity index (χ1n) is 6.74. The maximum Gasteiger partial charge on any atom is 0.184 e. The Labute approximate surface area is 105 Å². The van der Waals surface area contributed by atoms with Crippen LogP contribution in [0.25, 0.3) is 11.2 Å². The van der Waals surface area contributed by atoms with Crippen molar-refractivity contribution < 1.29 is 0 Å². The van der Waals surface area contributed by atoms with Crippen LogP contribution in [0.2, 0.25) is 0 Å². The molecule has 0 saturated heterocycles. The highest BCUT2D eigenvalue weighted by molar-refractivity contribution is 5.82. The predicted molar refractivity (Wildman–Crippen MR) is 67.3 cm³/mol. The normalized spacial score (nSPS) is 20.7. The van der Waals surface area contributed by atoms with E-state index in [1.54, 1.807) is 6.33 Å². The molecule has 0 bridgehead atoms. The van der Waals surface area contributed by atoms with Gasteiger partial charge >= 0.3 is 0 Å². The number of anilines is 1. The first kappa shape index (κ1) is 10.2. The van der Waals surface area contributed by atoms with Crippen molar-refractivity contribution in [3.63, 3.8) is 0 Å². The summed E-state index contributed by atoms with van der Waals surface area (Å²) in [6.45, 7) is 0. The second-order valence-electron chi connectivity index (χ2n) is 5.29. The molecule has 2 aliphatic carbocycles. The average molecular weight is 244 g/mol. The number of nitrogens with zero attached hydrogens (tertiary/aromatic N) is 5. The fraction of sp³-hybridized carbons (Fsp3) is 0.667. The summed E-state index contributed by atoms with van der Waals surface area (Å²) < 4.78 is 1.99. The van der Waals surface area contributed by atoms with Gasteiger partial charge in [-0.2, -0.15) is 0 Å². The van der Waals surface area contributed by atoms with E-state index in [9.17, 15) is 0 Å². The average Bonchev–Trinajstić information content (AvgIpc) is 2.91. The van der Waals surface area contributed by atoms with Gasteiger partial charge in [-0.05, 0) is 25.7 Å². The number of fused-ring (bicyclic) bond motifs is 1. The minimum atomic E-state index is 0.471. The Bertz CT molecular complexity index is 567. The molecule has 2 fully saturated rings. The Kier molecular flexibility index (Phi) is 2.21. The molecule has 0 atom stereocenters. The lowest BCUT2D eigenvalue weighted by atomic mass is 10.2. The molecular weight excluding hydrogens is 228 g/mol. The van der Waals surface area contributed by atoms with Crippen molar-refractivity contribution in [1.29, 1.82) is 0 Å². The van der Waals surface area contributed by atoms with Gasteiger partial charge in [0.05, 0.1) is 6.04 Å². The minimum absolute atomic E-state index is 0.471. The number of hydrogen-bond donors (Lipinski definition) is 1. The van der Waals surface area contributed by atoms with Gasteiger partial charge in [-0.25, -0.2) is 14.6 Å². The quantitative estimate of drug-likeness (QED) is 0.893. The van der Waals surface area contributed by atoms with Gasteiger partial charge in [-0.1, -0.05) is 18.1 Å². The molecule has 2 aromatic heterocycles. The molecule has 1 N–H and O–H groups in total. The summed E-state index contributed by atoms with van der Waals surface area (Å²) in [5.74, 6) is 0.840. The van der Waals surface area contributed by atoms with Crippen LogP contribution in [-0.4, -0.2) is 31.0 Å². The molecule has 0 amide bonds. The Morgan fingerprint density at radius 2 is 1.94 bits per heavy atom. The summed E-state index contributed by atoms with van der Waals surface area (Å²) in [6.07, 6.45) is 9.00. The molecule has 94 valence electrons. The van der Waals surface area contributed by atoms with Gasteiger partial charge in [0.25, 0.3) is 0 Å². The van der Waals surface area contributed by atoms with E-state index in [0.29, 0.717) is 12.1 Å². The number of nitrogens with one attached hydrogen (secondary N) is 1. The van der Waals surface area contributed by atoms with Crippen LogP contribution >= 0.6 is 0 Å².